The van der Waals surface area contributed by atoms with Crippen LogP contribution in [-0.2, 0) is 6.54 Å². The molecular weight excluding hydrogens is 428 g/mol. The number of aromatic nitrogens is 3. The van der Waals surface area contributed by atoms with Gasteiger partial charge in [-0.25, -0.2) is 14.8 Å². The predicted molar refractivity (Wildman–Crippen MR) is 132 cm³/mol. The van der Waals surface area contributed by atoms with Crippen molar-refractivity contribution in [3.8, 4) is 11.4 Å². The number of hydrogen-bond acceptors (Lipinski definition) is 5. The molecular formula is C26H28N6O2. The third-order valence-electron chi connectivity index (χ3n) is 5.94. The van der Waals surface area contributed by atoms with Crippen LogP contribution >= 0.6 is 0 Å². The van der Waals surface area contributed by atoms with Crippen LogP contribution in [-0.4, -0.2) is 63.2 Å². The van der Waals surface area contributed by atoms with Crippen molar-refractivity contribution in [3.63, 3.8) is 0 Å². The van der Waals surface area contributed by atoms with E-state index in [9.17, 15) is 4.79 Å². The van der Waals surface area contributed by atoms with E-state index in [2.05, 4.69) is 19.8 Å². The first kappa shape index (κ1) is 21.9. The van der Waals surface area contributed by atoms with Crippen LogP contribution in [0.4, 0.5) is 10.5 Å². The minimum Gasteiger partial charge on any atom is -0.494 e. The van der Waals surface area contributed by atoms with Gasteiger partial charge in [-0.1, -0.05) is 18.2 Å². The Bertz CT molecular complexity index is 1250. The van der Waals surface area contributed by atoms with E-state index in [1.807, 2.05) is 78.6 Å². The van der Waals surface area contributed by atoms with Gasteiger partial charge in [-0.2, -0.15) is 0 Å². The summed E-state index contributed by atoms with van der Waals surface area (Å²) >= 11 is 0. The molecule has 8 heteroatoms. The van der Waals surface area contributed by atoms with E-state index in [-0.39, 0.29) is 6.03 Å². The number of fused-ring (bicyclic) bond motifs is 1. The summed E-state index contributed by atoms with van der Waals surface area (Å²) in [6.45, 7) is 6.18. The molecule has 34 heavy (non-hydrogen) atoms. The molecule has 2 aromatic heterocycles. The maximum Gasteiger partial charge on any atom is 0.321 e. The summed E-state index contributed by atoms with van der Waals surface area (Å²) in [7, 11) is 0. The lowest BCUT2D eigenvalue weighted by atomic mass is 10.2. The fraction of sp³-hybridized carbons (Fsp3) is 0.269. The number of imidazole rings is 1. The molecule has 0 aliphatic carbocycles. The summed E-state index contributed by atoms with van der Waals surface area (Å²) in [5.41, 5.74) is 3.52. The topological polar surface area (TPSA) is 75.5 Å². The van der Waals surface area contributed by atoms with E-state index in [0.717, 1.165) is 47.2 Å². The van der Waals surface area contributed by atoms with Crippen molar-refractivity contribution >= 4 is 22.9 Å². The maximum atomic E-state index is 12.6. The van der Waals surface area contributed by atoms with Crippen LogP contribution in [0.1, 0.15) is 12.7 Å². The van der Waals surface area contributed by atoms with Gasteiger partial charge in [0.15, 0.2) is 5.65 Å². The summed E-state index contributed by atoms with van der Waals surface area (Å²) < 4.78 is 7.71. The Morgan fingerprint density at radius 2 is 1.74 bits per heavy atom. The Morgan fingerprint density at radius 3 is 2.47 bits per heavy atom. The molecule has 0 unspecified atom stereocenters. The van der Waals surface area contributed by atoms with Crippen molar-refractivity contribution in [1.82, 2.24) is 24.3 Å². The van der Waals surface area contributed by atoms with E-state index in [0.29, 0.717) is 26.2 Å². The molecule has 8 nitrogen and oxygen atoms in total. The summed E-state index contributed by atoms with van der Waals surface area (Å²) in [5.74, 6) is 1.77. The second-order valence-corrected chi connectivity index (χ2v) is 8.20. The zero-order valence-corrected chi connectivity index (χ0v) is 19.2. The van der Waals surface area contributed by atoms with Gasteiger partial charge in [0.1, 0.15) is 17.1 Å². The van der Waals surface area contributed by atoms with Gasteiger partial charge >= 0.3 is 6.03 Å². The number of amides is 2. The Labute approximate surface area is 198 Å². The molecule has 2 aromatic carbocycles. The third kappa shape index (κ3) is 4.72. The average Bonchev–Trinajstić information content (AvgIpc) is 3.23. The first-order valence-electron chi connectivity index (χ1n) is 11.6. The number of nitrogens with zero attached hydrogens (tertiary/aromatic N) is 5. The van der Waals surface area contributed by atoms with Crippen molar-refractivity contribution in [2.45, 2.75) is 13.5 Å². The normalized spacial score (nSPS) is 14.3. The number of rotatable bonds is 6. The average molecular weight is 457 g/mol. The molecule has 5 rings (SSSR count). The quantitative estimate of drug-likeness (QED) is 0.471. The number of nitrogens with one attached hydrogen (secondary N) is 1. The van der Waals surface area contributed by atoms with E-state index in [4.69, 9.17) is 9.72 Å². The molecule has 1 fully saturated rings. The molecule has 0 atom stereocenters. The van der Waals surface area contributed by atoms with Crippen LogP contribution in [0.3, 0.4) is 0 Å². The van der Waals surface area contributed by atoms with E-state index < -0.39 is 0 Å². The number of ether oxygens (including phenoxy) is 1. The maximum absolute atomic E-state index is 12.6. The number of pyridine rings is 1. The van der Waals surface area contributed by atoms with Crippen LogP contribution in [0.5, 0.6) is 5.75 Å². The number of urea groups is 1. The smallest absolute Gasteiger partial charge is 0.321 e. The fourth-order valence-corrected chi connectivity index (χ4v) is 4.23. The minimum absolute atomic E-state index is 0.0586. The molecule has 1 aliphatic rings. The third-order valence-corrected chi connectivity index (χ3v) is 5.94. The first-order valence-corrected chi connectivity index (χ1v) is 11.6. The lowest BCUT2D eigenvalue weighted by Crippen LogP contribution is -2.49. The van der Waals surface area contributed by atoms with Crippen LogP contribution in [0.15, 0.2) is 72.9 Å². The number of para-hydroxylation sites is 1. The first-order chi connectivity index (χ1) is 16.7. The van der Waals surface area contributed by atoms with Gasteiger partial charge in [-0.05, 0) is 55.5 Å². The van der Waals surface area contributed by atoms with Crippen molar-refractivity contribution in [1.29, 1.82) is 0 Å². The zero-order valence-electron chi connectivity index (χ0n) is 19.2. The highest BCUT2D eigenvalue weighted by Gasteiger charge is 2.23. The lowest BCUT2D eigenvalue weighted by molar-refractivity contribution is 0.140. The summed E-state index contributed by atoms with van der Waals surface area (Å²) in [6, 6.07) is 21.4. The molecule has 3 heterocycles. The summed E-state index contributed by atoms with van der Waals surface area (Å²) in [4.78, 5) is 26.3. The monoisotopic (exact) mass is 456 g/mol. The highest BCUT2D eigenvalue weighted by Crippen LogP contribution is 2.23. The lowest BCUT2D eigenvalue weighted by Gasteiger charge is -2.34. The van der Waals surface area contributed by atoms with Gasteiger partial charge in [0.25, 0.3) is 0 Å². The Morgan fingerprint density at radius 1 is 0.971 bits per heavy atom. The molecule has 0 bridgehead atoms. The van der Waals surface area contributed by atoms with Gasteiger partial charge in [-0.15, -0.1) is 0 Å². The largest absolute Gasteiger partial charge is 0.494 e. The molecule has 1 saturated heterocycles. The van der Waals surface area contributed by atoms with Crippen LogP contribution in [0.25, 0.3) is 16.9 Å². The number of hydrogen-bond donors (Lipinski definition) is 1. The summed E-state index contributed by atoms with van der Waals surface area (Å²) in [5, 5.41) is 2.97. The van der Waals surface area contributed by atoms with Crippen molar-refractivity contribution in [2.24, 2.45) is 0 Å². The number of carbonyl (C=O) groups excluding carboxylic acids is 1. The Balaban J connectivity index is 1.30. The second-order valence-electron chi connectivity index (χ2n) is 8.20. The van der Waals surface area contributed by atoms with Gasteiger partial charge in [0.2, 0.25) is 0 Å². The standard InChI is InChI=1S/C26H28N6O2/c1-2-34-22-12-10-21(11-13-22)32-24(29-23-9-6-14-27-25(23)32)19-30-15-17-31(18-16-30)26(33)28-20-7-4-3-5-8-20/h3-14H,2,15-19H2,1H3,(H,28,33). The van der Waals surface area contributed by atoms with Gasteiger partial charge < -0.3 is 15.0 Å². The van der Waals surface area contributed by atoms with Crippen LogP contribution in [0, 0.1) is 0 Å². The Hall–Kier alpha value is -3.91. The Kier molecular flexibility index (Phi) is 6.40. The molecule has 4 aromatic rings. The van der Waals surface area contributed by atoms with Crippen LogP contribution < -0.4 is 10.1 Å². The van der Waals surface area contributed by atoms with Crippen LogP contribution in [0.2, 0.25) is 0 Å². The van der Waals surface area contributed by atoms with Crippen molar-refractivity contribution in [2.75, 3.05) is 38.1 Å². The van der Waals surface area contributed by atoms with E-state index in [1.54, 1.807) is 6.20 Å². The van der Waals surface area contributed by atoms with Gasteiger partial charge in [-0.3, -0.25) is 9.47 Å². The molecule has 1 N–H and O–H groups in total. The van der Waals surface area contributed by atoms with Crippen molar-refractivity contribution < 1.29 is 9.53 Å². The number of benzene rings is 2. The van der Waals surface area contributed by atoms with Gasteiger partial charge in [0, 0.05) is 43.8 Å². The zero-order chi connectivity index (χ0) is 23.3. The highest BCUT2D eigenvalue weighted by atomic mass is 16.5. The number of carbonyl (C=O) groups is 1. The molecule has 174 valence electrons. The van der Waals surface area contributed by atoms with Crippen molar-refractivity contribution in [3.05, 3.63) is 78.8 Å². The molecule has 1 aliphatic heterocycles. The fourth-order valence-electron chi connectivity index (χ4n) is 4.23. The van der Waals surface area contributed by atoms with E-state index in [1.165, 1.54) is 0 Å². The SMILES string of the molecule is CCOc1ccc(-n2c(CN3CCN(C(=O)Nc4ccccc4)CC3)nc3cccnc32)cc1. The second kappa shape index (κ2) is 9.93. The molecule has 2 amide bonds. The number of anilines is 1. The molecule has 0 radical (unpaired) electrons. The van der Waals surface area contributed by atoms with E-state index >= 15 is 0 Å². The molecule has 0 spiro atoms. The predicted octanol–water partition coefficient (Wildman–Crippen LogP) is 4.17. The summed E-state index contributed by atoms with van der Waals surface area (Å²) in [6.07, 6.45) is 1.79. The minimum atomic E-state index is -0.0586. The molecule has 0 saturated carbocycles. The van der Waals surface area contributed by atoms with Gasteiger partial charge in [0.05, 0.1) is 13.2 Å². The highest BCUT2D eigenvalue weighted by molar-refractivity contribution is 5.89. The number of piperazine rings is 1.